The zero-order chi connectivity index (χ0) is 13.5. The number of aryl methyl sites for hydroxylation is 1. The van der Waals surface area contributed by atoms with E-state index in [1.807, 2.05) is 7.05 Å². The number of amides is 1. The normalized spacial score (nSPS) is 10.3. The second-order valence-corrected chi connectivity index (χ2v) is 4.01. The Morgan fingerprint density at radius 2 is 2.11 bits per heavy atom. The summed E-state index contributed by atoms with van der Waals surface area (Å²) in [6.07, 6.45) is 2.20. The molecule has 0 aliphatic rings. The third-order valence-corrected chi connectivity index (χ3v) is 2.43. The molecule has 0 saturated heterocycles. The summed E-state index contributed by atoms with van der Waals surface area (Å²) in [6, 6.07) is 0. The van der Waals surface area contributed by atoms with Crippen molar-refractivity contribution in [3.8, 4) is 0 Å². The fourth-order valence-corrected chi connectivity index (χ4v) is 1.44. The van der Waals surface area contributed by atoms with Crippen molar-refractivity contribution in [3.63, 3.8) is 0 Å². The number of carbonyl (C=O) groups excluding carboxylic acids is 1. The van der Waals surface area contributed by atoms with Crippen LogP contribution in [-0.2, 0) is 11.3 Å². The Kier molecular flexibility index (Phi) is 5.31. The highest BCUT2D eigenvalue weighted by atomic mass is 16.2. The topological polar surface area (TPSA) is 96.0 Å². The molecule has 18 heavy (non-hydrogen) atoms. The number of hydrogen-bond donors (Lipinski definition) is 3. The number of aromatic nitrogens is 2. The van der Waals surface area contributed by atoms with Crippen LogP contribution in [0.5, 0.6) is 0 Å². The van der Waals surface area contributed by atoms with Crippen molar-refractivity contribution in [1.82, 2.24) is 20.2 Å². The molecule has 7 heteroatoms. The van der Waals surface area contributed by atoms with Gasteiger partial charge in [0.15, 0.2) is 0 Å². The van der Waals surface area contributed by atoms with Crippen LogP contribution < -0.4 is 21.9 Å². The van der Waals surface area contributed by atoms with Gasteiger partial charge in [-0.2, -0.15) is 0 Å². The molecule has 0 bridgehead atoms. The molecule has 0 atom stereocenters. The summed E-state index contributed by atoms with van der Waals surface area (Å²) in [5, 5.41) is 5.66. The lowest BCUT2D eigenvalue weighted by molar-refractivity contribution is -0.121. The minimum absolute atomic E-state index is 0.0873. The molecule has 0 aromatic carbocycles. The van der Waals surface area contributed by atoms with Crippen LogP contribution in [0, 0.1) is 6.92 Å². The highest BCUT2D eigenvalue weighted by Gasteiger charge is 2.05. The summed E-state index contributed by atoms with van der Waals surface area (Å²) < 4.78 is 1.18. The van der Waals surface area contributed by atoms with E-state index in [2.05, 4.69) is 15.6 Å². The molecule has 0 fully saturated rings. The first-order chi connectivity index (χ1) is 8.54. The Morgan fingerprint density at radius 3 is 2.78 bits per heavy atom. The van der Waals surface area contributed by atoms with Crippen molar-refractivity contribution < 1.29 is 4.79 Å². The molecule has 0 aliphatic heterocycles. The van der Waals surface area contributed by atoms with Gasteiger partial charge in [0, 0.05) is 18.3 Å². The van der Waals surface area contributed by atoms with Gasteiger partial charge in [-0.3, -0.25) is 19.1 Å². The summed E-state index contributed by atoms with van der Waals surface area (Å²) in [4.78, 5) is 36.3. The maximum absolute atomic E-state index is 11.5. The van der Waals surface area contributed by atoms with Gasteiger partial charge < -0.3 is 10.6 Å². The maximum atomic E-state index is 11.5. The monoisotopic (exact) mass is 254 g/mol. The van der Waals surface area contributed by atoms with Gasteiger partial charge in [0.05, 0.1) is 0 Å². The molecule has 1 amide bonds. The zero-order valence-electron chi connectivity index (χ0n) is 10.6. The minimum atomic E-state index is -0.573. The number of nitrogens with zero attached hydrogens (tertiary/aromatic N) is 1. The first-order valence-electron chi connectivity index (χ1n) is 5.76. The van der Waals surface area contributed by atoms with E-state index < -0.39 is 11.2 Å². The highest BCUT2D eigenvalue weighted by molar-refractivity contribution is 5.75. The fraction of sp³-hybridized carbons (Fsp3) is 0.545. The van der Waals surface area contributed by atoms with Crippen molar-refractivity contribution in [1.29, 1.82) is 0 Å². The average Bonchev–Trinajstić information content (AvgIpc) is 2.32. The summed E-state index contributed by atoms with van der Waals surface area (Å²) in [5.41, 5.74) is -0.598. The third-order valence-electron chi connectivity index (χ3n) is 2.43. The molecule has 0 spiro atoms. The Bertz CT molecular complexity index is 518. The SMILES string of the molecule is CNCCCNC(=O)Cn1cc(C)c(=O)[nH]c1=O. The summed E-state index contributed by atoms with van der Waals surface area (Å²) in [6.45, 7) is 2.87. The van der Waals surface area contributed by atoms with Crippen molar-refractivity contribution in [2.45, 2.75) is 19.9 Å². The molecule has 1 rings (SSSR count). The van der Waals surface area contributed by atoms with Crippen LogP contribution in [-0.4, -0.2) is 35.6 Å². The van der Waals surface area contributed by atoms with Crippen LogP contribution in [0.15, 0.2) is 15.8 Å². The average molecular weight is 254 g/mol. The number of nitrogens with one attached hydrogen (secondary N) is 3. The van der Waals surface area contributed by atoms with Crippen molar-refractivity contribution >= 4 is 5.91 Å². The van der Waals surface area contributed by atoms with Crippen LogP contribution >= 0.6 is 0 Å². The van der Waals surface area contributed by atoms with Gasteiger partial charge in [-0.1, -0.05) is 0 Å². The summed E-state index contributed by atoms with van der Waals surface area (Å²) >= 11 is 0. The van der Waals surface area contributed by atoms with Gasteiger partial charge in [0.25, 0.3) is 5.56 Å². The van der Waals surface area contributed by atoms with Crippen LogP contribution in [0.2, 0.25) is 0 Å². The summed E-state index contributed by atoms with van der Waals surface area (Å²) in [5.74, 6) is -0.250. The first-order valence-corrected chi connectivity index (χ1v) is 5.76. The van der Waals surface area contributed by atoms with Gasteiger partial charge in [-0.25, -0.2) is 4.79 Å². The molecular formula is C11H18N4O3. The maximum Gasteiger partial charge on any atom is 0.328 e. The standard InChI is InChI=1S/C11H18N4O3/c1-8-6-15(11(18)14-10(8)17)7-9(16)13-5-3-4-12-2/h6,12H,3-5,7H2,1-2H3,(H,13,16)(H,14,17,18). The molecule has 1 aromatic heterocycles. The molecule has 7 nitrogen and oxygen atoms in total. The molecule has 1 heterocycles. The Balaban J connectivity index is 2.57. The largest absolute Gasteiger partial charge is 0.355 e. The number of carbonyl (C=O) groups is 1. The van der Waals surface area contributed by atoms with E-state index in [1.165, 1.54) is 10.8 Å². The van der Waals surface area contributed by atoms with E-state index in [4.69, 9.17) is 0 Å². The van der Waals surface area contributed by atoms with E-state index in [0.29, 0.717) is 12.1 Å². The summed E-state index contributed by atoms with van der Waals surface area (Å²) in [7, 11) is 1.84. The molecule has 0 radical (unpaired) electrons. The van der Waals surface area contributed by atoms with E-state index >= 15 is 0 Å². The molecule has 100 valence electrons. The van der Waals surface area contributed by atoms with Crippen LogP contribution in [0.4, 0.5) is 0 Å². The second kappa shape index (κ2) is 6.75. The molecule has 0 unspecified atom stereocenters. The quantitative estimate of drug-likeness (QED) is 0.542. The van der Waals surface area contributed by atoms with E-state index in [1.54, 1.807) is 6.92 Å². The van der Waals surface area contributed by atoms with Crippen LogP contribution in [0.25, 0.3) is 0 Å². The lowest BCUT2D eigenvalue weighted by Gasteiger charge is -2.07. The minimum Gasteiger partial charge on any atom is -0.355 e. The van der Waals surface area contributed by atoms with Crippen LogP contribution in [0.3, 0.4) is 0 Å². The van der Waals surface area contributed by atoms with Gasteiger partial charge in [0.1, 0.15) is 6.54 Å². The molecule has 0 aliphatic carbocycles. The molecule has 1 aromatic rings. The van der Waals surface area contributed by atoms with Crippen molar-refractivity contribution in [3.05, 3.63) is 32.6 Å². The van der Waals surface area contributed by atoms with Gasteiger partial charge in [-0.15, -0.1) is 0 Å². The Hall–Kier alpha value is -1.89. The van der Waals surface area contributed by atoms with E-state index in [9.17, 15) is 14.4 Å². The number of rotatable bonds is 6. The first kappa shape index (κ1) is 14.2. The number of H-pyrrole nitrogens is 1. The van der Waals surface area contributed by atoms with Crippen LogP contribution in [0.1, 0.15) is 12.0 Å². The van der Waals surface area contributed by atoms with Gasteiger partial charge >= 0.3 is 5.69 Å². The highest BCUT2D eigenvalue weighted by Crippen LogP contribution is 1.85. The smallest absolute Gasteiger partial charge is 0.328 e. The van der Waals surface area contributed by atoms with Crippen molar-refractivity contribution in [2.24, 2.45) is 0 Å². The Labute approximate surface area is 104 Å². The Morgan fingerprint density at radius 1 is 1.39 bits per heavy atom. The van der Waals surface area contributed by atoms with E-state index in [0.717, 1.165) is 13.0 Å². The van der Waals surface area contributed by atoms with E-state index in [-0.39, 0.29) is 12.5 Å². The van der Waals surface area contributed by atoms with Gasteiger partial charge in [0.2, 0.25) is 5.91 Å². The van der Waals surface area contributed by atoms with Crippen molar-refractivity contribution in [2.75, 3.05) is 20.1 Å². The lowest BCUT2D eigenvalue weighted by Crippen LogP contribution is -2.37. The third kappa shape index (κ3) is 4.17. The molecule has 0 saturated carbocycles. The fourth-order valence-electron chi connectivity index (χ4n) is 1.44. The number of aromatic amines is 1. The molecule has 3 N–H and O–H groups in total. The second-order valence-electron chi connectivity index (χ2n) is 4.01. The number of hydrogen-bond acceptors (Lipinski definition) is 4. The molecular weight excluding hydrogens is 236 g/mol. The zero-order valence-corrected chi connectivity index (χ0v) is 10.6. The predicted molar refractivity (Wildman–Crippen MR) is 67.6 cm³/mol. The predicted octanol–water partition coefficient (Wildman–Crippen LogP) is -1.43. The van der Waals surface area contributed by atoms with Gasteiger partial charge in [-0.05, 0) is 26.9 Å². The lowest BCUT2D eigenvalue weighted by atomic mass is 10.4.